The second kappa shape index (κ2) is 20.4. The molecule has 3 atom stereocenters. The van der Waals surface area contributed by atoms with E-state index in [1.54, 1.807) is 12.1 Å². The molecule has 1 amide bonds. The minimum absolute atomic E-state index is 0.0986. The molecule has 11 nitrogen and oxygen atoms in total. The van der Waals surface area contributed by atoms with Crippen LogP contribution in [-0.4, -0.2) is 103 Å². The van der Waals surface area contributed by atoms with Crippen LogP contribution in [0.3, 0.4) is 0 Å². The van der Waals surface area contributed by atoms with Gasteiger partial charge in [0.15, 0.2) is 0 Å². The van der Waals surface area contributed by atoms with Gasteiger partial charge in [0.05, 0.1) is 25.4 Å². The highest BCUT2D eigenvalue weighted by molar-refractivity contribution is 6.30. The van der Waals surface area contributed by atoms with E-state index in [0.29, 0.717) is 68.9 Å². The molecule has 1 saturated carbocycles. The number of carbonyl (C=O) groups is 2. The molecule has 358 valence electrons. The standard InChI is InChI=1S/C55H69ClN4O7/c1-38(35-66-49-17-24-57-48-13-4-8-39(2)51(48)49)30-42-32-41-15-16-46(34-47(41)54(42)19-21-55(22-20-54,52(62)63)58-44-11-6-10-43(56)33-44)64-27-7-14-50(61)59(3)25-18-40-9-5-12-45(31-40)65-29-26-60-36-53(37-60)23-28-67-53/h5-6,9-12,15-17,24,31,33-34,38-39,42,58H,4,7-8,13-14,18-23,25-30,32,35-37H2,1-3H3,(H,62,63)/t38-,39-,42+,54?,55?/m1/s1. The summed E-state index contributed by atoms with van der Waals surface area (Å²) in [6, 6.07) is 24.1. The second-order valence-corrected chi connectivity index (χ2v) is 21.0. The molecule has 3 heterocycles. The summed E-state index contributed by atoms with van der Waals surface area (Å²) in [5, 5.41) is 14.7. The molecule has 3 aromatic carbocycles. The monoisotopic (exact) mass is 932 g/mol. The number of hydrogen-bond acceptors (Lipinski definition) is 9. The highest BCUT2D eigenvalue weighted by atomic mass is 35.5. The Morgan fingerprint density at radius 2 is 1.78 bits per heavy atom. The third-order valence-corrected chi connectivity index (χ3v) is 16.0. The van der Waals surface area contributed by atoms with Crippen molar-refractivity contribution in [2.45, 2.75) is 120 Å². The van der Waals surface area contributed by atoms with Gasteiger partial charge in [0.25, 0.3) is 0 Å². The molecule has 0 radical (unpaired) electrons. The minimum Gasteiger partial charge on any atom is -0.494 e. The lowest BCUT2D eigenvalue weighted by molar-refractivity contribution is -0.221. The van der Waals surface area contributed by atoms with Crippen LogP contribution in [0.5, 0.6) is 17.2 Å². The zero-order valence-corrected chi connectivity index (χ0v) is 40.5. The first kappa shape index (κ1) is 47.2. The number of aryl methyl sites for hydroxylation is 1. The molecular weight excluding hydrogens is 864 g/mol. The summed E-state index contributed by atoms with van der Waals surface area (Å²) in [5.41, 5.74) is 5.72. The maximum atomic E-state index is 13.2. The summed E-state index contributed by atoms with van der Waals surface area (Å²) in [5.74, 6) is 2.92. The van der Waals surface area contributed by atoms with Gasteiger partial charge in [-0.3, -0.25) is 14.7 Å². The number of likely N-dealkylation sites (N-methyl/N-ethyl adjacent to an activating group) is 1. The van der Waals surface area contributed by atoms with Gasteiger partial charge < -0.3 is 34.3 Å². The first-order chi connectivity index (χ1) is 32.4. The summed E-state index contributed by atoms with van der Waals surface area (Å²) in [4.78, 5) is 35.3. The third kappa shape index (κ3) is 10.6. The fraction of sp³-hybridized carbons (Fsp3) is 0.545. The Hall–Kier alpha value is -4.84. The number of carbonyl (C=O) groups excluding carboxylic acids is 1. The Morgan fingerprint density at radius 3 is 2.55 bits per heavy atom. The number of aromatic nitrogens is 1. The van der Waals surface area contributed by atoms with E-state index in [-0.39, 0.29) is 22.8 Å². The van der Waals surface area contributed by atoms with E-state index >= 15 is 0 Å². The maximum Gasteiger partial charge on any atom is 0.329 e. The Morgan fingerprint density at radius 1 is 0.985 bits per heavy atom. The van der Waals surface area contributed by atoms with Gasteiger partial charge in [-0.05, 0) is 159 Å². The van der Waals surface area contributed by atoms with Gasteiger partial charge >= 0.3 is 5.97 Å². The number of carboxylic acids is 1. The van der Waals surface area contributed by atoms with Crippen LogP contribution in [0.2, 0.25) is 5.02 Å². The SMILES string of the molecule is C[C@@H](COc1ccnc2c1[C@H](C)CCC2)C[C@H]1Cc2ccc(OCCCC(=O)N(C)CCc3cccc(OCCN4CC5(CCO5)C4)c3)cc2C12CCC(Nc1cccc(Cl)c1)(C(=O)O)CC2. The van der Waals surface area contributed by atoms with Crippen molar-refractivity contribution in [1.29, 1.82) is 0 Å². The fourth-order valence-corrected chi connectivity index (χ4v) is 12.0. The molecule has 67 heavy (non-hydrogen) atoms. The van der Waals surface area contributed by atoms with Crippen LogP contribution in [0.1, 0.15) is 112 Å². The van der Waals surface area contributed by atoms with E-state index in [4.69, 9.17) is 30.5 Å². The number of aliphatic carboxylic acids is 1. The van der Waals surface area contributed by atoms with Crippen molar-refractivity contribution in [2.24, 2.45) is 11.8 Å². The number of benzene rings is 3. The van der Waals surface area contributed by atoms with Crippen molar-refractivity contribution in [3.8, 4) is 17.2 Å². The smallest absolute Gasteiger partial charge is 0.329 e. The molecule has 2 spiro atoms. The van der Waals surface area contributed by atoms with Gasteiger partial charge in [-0.25, -0.2) is 4.79 Å². The van der Waals surface area contributed by atoms with Crippen molar-refractivity contribution in [2.75, 3.05) is 65.0 Å². The summed E-state index contributed by atoms with van der Waals surface area (Å²) in [6.45, 7) is 10.7. The van der Waals surface area contributed by atoms with Crippen molar-refractivity contribution in [3.05, 3.63) is 112 Å². The van der Waals surface area contributed by atoms with E-state index in [1.807, 2.05) is 48.5 Å². The van der Waals surface area contributed by atoms with E-state index in [2.05, 4.69) is 59.4 Å². The largest absolute Gasteiger partial charge is 0.494 e. The quantitative estimate of drug-likeness (QED) is 0.0829. The van der Waals surface area contributed by atoms with Crippen LogP contribution in [0.4, 0.5) is 5.69 Å². The number of pyridine rings is 1. The van der Waals surface area contributed by atoms with Gasteiger partial charge in [-0.15, -0.1) is 0 Å². The van der Waals surface area contributed by atoms with Crippen LogP contribution in [-0.2, 0) is 39.0 Å². The van der Waals surface area contributed by atoms with E-state index in [9.17, 15) is 14.7 Å². The average Bonchev–Trinajstić information content (AvgIpc) is 3.58. The number of anilines is 1. The molecule has 3 aliphatic carbocycles. The number of likely N-dealkylation sites (tertiary alicyclic amines) is 1. The first-order valence-corrected chi connectivity index (χ1v) is 25.3. The van der Waals surface area contributed by atoms with Crippen LogP contribution in [0.15, 0.2) is 79.0 Å². The van der Waals surface area contributed by atoms with E-state index in [1.165, 1.54) is 28.8 Å². The minimum atomic E-state index is -1.11. The Bertz CT molecular complexity index is 2370. The molecule has 4 aromatic rings. The van der Waals surface area contributed by atoms with Gasteiger partial charge in [0.2, 0.25) is 5.91 Å². The number of nitrogens with one attached hydrogen (secondary N) is 1. The number of rotatable bonds is 20. The topological polar surface area (TPSA) is 123 Å². The summed E-state index contributed by atoms with van der Waals surface area (Å²) in [7, 11) is 1.87. The number of fused-ring (bicyclic) bond motifs is 3. The molecule has 2 N–H and O–H groups in total. The van der Waals surface area contributed by atoms with Crippen LogP contribution < -0.4 is 19.5 Å². The Kier molecular flexibility index (Phi) is 14.4. The third-order valence-electron chi connectivity index (χ3n) is 15.8. The van der Waals surface area contributed by atoms with Crippen molar-refractivity contribution in [3.63, 3.8) is 0 Å². The maximum absolute atomic E-state index is 13.2. The zero-order valence-electron chi connectivity index (χ0n) is 39.7. The van der Waals surface area contributed by atoms with Crippen molar-refractivity contribution >= 4 is 29.2 Å². The molecular formula is C55H69ClN4O7. The Labute approximate surface area is 401 Å². The van der Waals surface area contributed by atoms with E-state index < -0.39 is 11.5 Å². The summed E-state index contributed by atoms with van der Waals surface area (Å²) < 4.78 is 24.8. The molecule has 0 bridgehead atoms. The van der Waals surface area contributed by atoms with Gasteiger partial charge in [-0.1, -0.05) is 49.7 Å². The molecule has 9 rings (SSSR count). The van der Waals surface area contributed by atoms with Crippen LogP contribution in [0, 0.1) is 11.8 Å². The number of hydrogen-bond donors (Lipinski definition) is 2. The molecule has 2 saturated heterocycles. The summed E-state index contributed by atoms with van der Waals surface area (Å²) >= 11 is 6.34. The number of amides is 1. The lowest BCUT2D eigenvalue weighted by atomic mass is 9.59. The average molecular weight is 934 g/mol. The molecule has 1 aromatic heterocycles. The number of halogens is 1. The fourth-order valence-electron chi connectivity index (χ4n) is 11.8. The molecule has 3 fully saturated rings. The van der Waals surface area contributed by atoms with Gasteiger partial charge in [-0.2, -0.15) is 0 Å². The van der Waals surface area contributed by atoms with Gasteiger partial charge in [0.1, 0.15) is 29.4 Å². The highest BCUT2D eigenvalue weighted by Crippen LogP contribution is 2.57. The lowest BCUT2D eigenvalue weighted by Gasteiger charge is -2.55. The summed E-state index contributed by atoms with van der Waals surface area (Å²) in [6.07, 6.45) is 12.4. The Balaban J connectivity index is 0.801. The first-order valence-electron chi connectivity index (χ1n) is 24.9. The second-order valence-electron chi connectivity index (χ2n) is 20.5. The molecule has 0 unspecified atom stereocenters. The van der Waals surface area contributed by atoms with Crippen LogP contribution >= 0.6 is 11.6 Å². The highest BCUT2D eigenvalue weighted by Gasteiger charge is 2.54. The molecule has 12 heteroatoms. The van der Waals surface area contributed by atoms with E-state index in [0.717, 1.165) is 106 Å². The zero-order chi connectivity index (χ0) is 46.6. The predicted molar refractivity (Wildman–Crippen MR) is 262 cm³/mol. The van der Waals surface area contributed by atoms with Crippen LogP contribution in [0.25, 0.3) is 0 Å². The van der Waals surface area contributed by atoms with Crippen molar-refractivity contribution < 1.29 is 33.6 Å². The van der Waals surface area contributed by atoms with Gasteiger partial charge in [0, 0.05) is 74.2 Å². The molecule has 2 aliphatic heterocycles. The number of ether oxygens (including phenoxy) is 4. The molecule has 5 aliphatic rings. The normalized spacial score (nSPS) is 24.2. The lowest BCUT2D eigenvalue weighted by Crippen LogP contribution is -2.68. The number of nitrogens with zero attached hydrogens (tertiary/aromatic N) is 3. The number of carboxylic acid groups (broad SMARTS) is 1. The van der Waals surface area contributed by atoms with Crippen molar-refractivity contribution in [1.82, 2.24) is 14.8 Å². The predicted octanol–water partition coefficient (Wildman–Crippen LogP) is 9.91.